The van der Waals surface area contributed by atoms with E-state index < -0.39 is 28.5 Å². The summed E-state index contributed by atoms with van der Waals surface area (Å²) in [4.78, 5) is 28.0. The van der Waals surface area contributed by atoms with E-state index in [1.807, 2.05) is 38.1 Å². The monoisotopic (exact) mass is 575 g/mol. The van der Waals surface area contributed by atoms with Crippen LogP contribution in [0.15, 0.2) is 71.6 Å². The van der Waals surface area contributed by atoms with Crippen molar-refractivity contribution in [3.05, 3.63) is 93.5 Å². The molecule has 0 unspecified atom stereocenters. The van der Waals surface area contributed by atoms with Crippen molar-refractivity contribution >= 4 is 50.7 Å². The van der Waals surface area contributed by atoms with Crippen molar-refractivity contribution in [3.8, 4) is 0 Å². The molecule has 1 atom stereocenters. The predicted molar refractivity (Wildman–Crippen MR) is 152 cm³/mol. The summed E-state index contributed by atoms with van der Waals surface area (Å²) in [5, 5.41) is 3.14. The lowest BCUT2D eigenvalue weighted by atomic mass is 10.1. The van der Waals surface area contributed by atoms with Gasteiger partial charge in [0.25, 0.3) is 10.0 Å². The SMILES string of the molecule is CCNC(=O)[C@H](C)N(Cc1ccc(C)cc1)C(=O)CN(c1ccc(Cl)c(Cl)c1)S(=O)(=O)c1ccc(C)cc1. The zero-order valence-corrected chi connectivity index (χ0v) is 24.1. The molecule has 0 saturated carbocycles. The zero-order chi connectivity index (χ0) is 28.0. The summed E-state index contributed by atoms with van der Waals surface area (Å²) in [6.45, 7) is 7.18. The summed E-state index contributed by atoms with van der Waals surface area (Å²) >= 11 is 12.3. The fourth-order valence-corrected chi connectivity index (χ4v) is 5.50. The van der Waals surface area contributed by atoms with E-state index in [4.69, 9.17) is 23.2 Å². The van der Waals surface area contributed by atoms with Gasteiger partial charge < -0.3 is 10.2 Å². The number of benzene rings is 3. The maximum absolute atomic E-state index is 13.8. The van der Waals surface area contributed by atoms with Crippen molar-refractivity contribution in [2.75, 3.05) is 17.4 Å². The molecule has 0 aliphatic carbocycles. The van der Waals surface area contributed by atoms with Crippen molar-refractivity contribution in [3.63, 3.8) is 0 Å². The first-order valence-electron chi connectivity index (χ1n) is 12.1. The summed E-state index contributed by atoms with van der Waals surface area (Å²) in [5.74, 6) is -0.887. The van der Waals surface area contributed by atoms with E-state index in [9.17, 15) is 18.0 Å². The van der Waals surface area contributed by atoms with Crippen LogP contribution in [0, 0.1) is 13.8 Å². The number of anilines is 1. The Labute approximate surface area is 234 Å². The fraction of sp³-hybridized carbons (Fsp3) is 0.286. The quantitative estimate of drug-likeness (QED) is 0.352. The molecule has 0 aromatic heterocycles. The first-order chi connectivity index (χ1) is 17.9. The van der Waals surface area contributed by atoms with Crippen LogP contribution < -0.4 is 9.62 Å². The van der Waals surface area contributed by atoms with Crippen LogP contribution >= 0.6 is 23.2 Å². The summed E-state index contributed by atoms with van der Waals surface area (Å²) in [7, 11) is -4.18. The highest BCUT2D eigenvalue weighted by Gasteiger charge is 2.32. The van der Waals surface area contributed by atoms with Crippen molar-refractivity contribution in [2.45, 2.75) is 45.2 Å². The zero-order valence-electron chi connectivity index (χ0n) is 21.7. The van der Waals surface area contributed by atoms with E-state index in [1.165, 1.54) is 35.2 Å². The molecule has 10 heteroatoms. The molecule has 3 aromatic rings. The van der Waals surface area contributed by atoms with Gasteiger partial charge in [-0.1, -0.05) is 70.7 Å². The smallest absolute Gasteiger partial charge is 0.264 e. The minimum atomic E-state index is -4.18. The molecule has 7 nitrogen and oxygen atoms in total. The number of halogens is 2. The van der Waals surface area contributed by atoms with Gasteiger partial charge in [0.05, 0.1) is 20.6 Å². The number of sulfonamides is 1. The molecule has 0 radical (unpaired) electrons. The number of rotatable bonds is 10. The lowest BCUT2D eigenvalue weighted by Gasteiger charge is -2.32. The van der Waals surface area contributed by atoms with Crippen LogP contribution in [0.25, 0.3) is 0 Å². The molecule has 3 aromatic carbocycles. The van der Waals surface area contributed by atoms with Crippen molar-refractivity contribution in [1.29, 1.82) is 0 Å². The fourth-order valence-electron chi connectivity index (χ4n) is 3.80. The summed E-state index contributed by atoms with van der Waals surface area (Å²) in [5.41, 5.74) is 2.93. The maximum Gasteiger partial charge on any atom is 0.264 e. The van der Waals surface area contributed by atoms with Crippen molar-refractivity contribution in [2.24, 2.45) is 0 Å². The molecular formula is C28H31Cl2N3O4S. The van der Waals surface area contributed by atoms with Gasteiger partial charge in [-0.25, -0.2) is 8.42 Å². The van der Waals surface area contributed by atoms with Crippen LogP contribution in [0.1, 0.15) is 30.5 Å². The van der Waals surface area contributed by atoms with Gasteiger partial charge in [-0.2, -0.15) is 0 Å². The minimum absolute atomic E-state index is 0.0174. The highest BCUT2D eigenvalue weighted by Crippen LogP contribution is 2.31. The summed E-state index contributed by atoms with van der Waals surface area (Å²) in [6, 6.07) is 17.4. The molecule has 0 heterocycles. The third-order valence-corrected chi connectivity index (χ3v) is 8.60. The number of amides is 2. The maximum atomic E-state index is 13.8. The van der Waals surface area contributed by atoms with E-state index in [2.05, 4.69) is 5.32 Å². The third-order valence-electron chi connectivity index (χ3n) is 6.07. The molecule has 38 heavy (non-hydrogen) atoms. The van der Waals surface area contributed by atoms with Gasteiger partial charge in [-0.3, -0.25) is 13.9 Å². The second-order valence-corrected chi connectivity index (χ2v) is 11.7. The van der Waals surface area contributed by atoms with Gasteiger partial charge in [0.15, 0.2) is 0 Å². The first-order valence-corrected chi connectivity index (χ1v) is 14.3. The van der Waals surface area contributed by atoms with Crippen LogP contribution in [-0.4, -0.2) is 44.3 Å². The minimum Gasteiger partial charge on any atom is -0.355 e. The molecule has 3 rings (SSSR count). The molecular weight excluding hydrogens is 545 g/mol. The number of aryl methyl sites for hydroxylation is 2. The molecule has 0 spiro atoms. The molecule has 0 bridgehead atoms. The third kappa shape index (κ3) is 7.07. The molecule has 0 aliphatic rings. The number of hydrogen-bond acceptors (Lipinski definition) is 4. The van der Waals surface area contributed by atoms with Gasteiger partial charge in [0.2, 0.25) is 11.8 Å². The van der Waals surface area contributed by atoms with Gasteiger partial charge in [0, 0.05) is 13.1 Å². The van der Waals surface area contributed by atoms with E-state index in [0.717, 1.165) is 21.0 Å². The Morgan fingerprint density at radius 3 is 2.03 bits per heavy atom. The van der Waals surface area contributed by atoms with Crippen molar-refractivity contribution < 1.29 is 18.0 Å². The van der Waals surface area contributed by atoms with Gasteiger partial charge in [-0.15, -0.1) is 0 Å². The van der Waals surface area contributed by atoms with Crippen LogP contribution in [0.4, 0.5) is 5.69 Å². The normalized spacial score (nSPS) is 12.1. The number of hydrogen-bond donors (Lipinski definition) is 1. The van der Waals surface area contributed by atoms with Crippen LogP contribution in [-0.2, 0) is 26.2 Å². The van der Waals surface area contributed by atoms with E-state index in [1.54, 1.807) is 26.0 Å². The number of carbonyl (C=O) groups is 2. The lowest BCUT2D eigenvalue weighted by molar-refractivity contribution is -0.139. The number of nitrogens with one attached hydrogen (secondary N) is 1. The van der Waals surface area contributed by atoms with Gasteiger partial charge in [0.1, 0.15) is 12.6 Å². The standard InChI is InChI=1S/C28H31Cl2N3O4S/c1-5-31-28(35)21(4)32(17-22-10-6-19(2)7-11-22)27(34)18-33(23-12-15-25(29)26(30)16-23)38(36,37)24-13-8-20(3)9-14-24/h6-16,21H,5,17-18H2,1-4H3,(H,31,35)/t21-/m0/s1. The Balaban J connectivity index is 2.05. The van der Waals surface area contributed by atoms with Gasteiger partial charge >= 0.3 is 0 Å². The van der Waals surface area contributed by atoms with E-state index in [-0.39, 0.29) is 33.1 Å². The Bertz CT molecular complexity index is 1390. The average Bonchev–Trinajstić information content (AvgIpc) is 2.88. The topological polar surface area (TPSA) is 86.8 Å². The van der Waals surface area contributed by atoms with Crippen LogP contribution in [0.5, 0.6) is 0 Å². The first kappa shape index (κ1) is 29.5. The Morgan fingerprint density at radius 2 is 1.47 bits per heavy atom. The summed E-state index contributed by atoms with van der Waals surface area (Å²) < 4.78 is 28.6. The Hall–Kier alpha value is -3.07. The Kier molecular flexibility index (Phi) is 9.82. The van der Waals surface area contributed by atoms with Crippen LogP contribution in [0.3, 0.4) is 0 Å². The summed E-state index contributed by atoms with van der Waals surface area (Å²) in [6.07, 6.45) is 0. The van der Waals surface area contributed by atoms with E-state index in [0.29, 0.717) is 6.54 Å². The highest BCUT2D eigenvalue weighted by molar-refractivity contribution is 7.92. The van der Waals surface area contributed by atoms with Crippen LogP contribution in [0.2, 0.25) is 10.0 Å². The molecule has 0 saturated heterocycles. The molecule has 0 fully saturated rings. The van der Waals surface area contributed by atoms with Gasteiger partial charge in [-0.05, 0) is 63.6 Å². The van der Waals surface area contributed by atoms with Crippen molar-refractivity contribution in [1.82, 2.24) is 10.2 Å². The lowest BCUT2D eigenvalue weighted by Crippen LogP contribution is -2.51. The number of nitrogens with zero attached hydrogens (tertiary/aromatic N) is 2. The molecule has 1 N–H and O–H groups in total. The predicted octanol–water partition coefficient (Wildman–Crippen LogP) is 5.36. The molecule has 0 aliphatic heterocycles. The highest BCUT2D eigenvalue weighted by atomic mass is 35.5. The largest absolute Gasteiger partial charge is 0.355 e. The number of likely N-dealkylation sites (N-methyl/N-ethyl adjacent to an activating group) is 1. The second kappa shape index (κ2) is 12.7. The molecule has 2 amide bonds. The second-order valence-electron chi connectivity index (χ2n) is 9.00. The molecule has 202 valence electrons. The number of carbonyl (C=O) groups excluding carboxylic acids is 2. The Morgan fingerprint density at radius 1 is 0.895 bits per heavy atom. The van der Waals surface area contributed by atoms with E-state index >= 15 is 0 Å². The average molecular weight is 577 g/mol.